The molecule has 4 aromatic rings. The Balaban J connectivity index is 1.73. The number of fused-ring (bicyclic) bond motifs is 3. The molecule has 0 saturated carbocycles. The number of nitrogens with zero attached hydrogens (tertiary/aromatic N) is 1. The Hall–Kier alpha value is -2.56. The largest absolute Gasteiger partial charge is 0.494 e. The van der Waals surface area contributed by atoms with Gasteiger partial charge in [-0.15, -0.1) is 0 Å². The van der Waals surface area contributed by atoms with Crippen molar-refractivity contribution >= 4 is 34.4 Å². The Morgan fingerprint density at radius 3 is 2.00 bits per heavy atom. The Bertz CT molecular complexity index is 1160. The second kappa shape index (κ2) is 5.97. The van der Waals surface area contributed by atoms with E-state index in [-0.39, 0.29) is 18.3 Å². The van der Waals surface area contributed by atoms with Crippen molar-refractivity contribution in [1.29, 1.82) is 0 Å². The van der Waals surface area contributed by atoms with Crippen LogP contribution in [0.4, 0.5) is 0 Å². The van der Waals surface area contributed by atoms with Crippen LogP contribution in [0.3, 0.4) is 0 Å². The van der Waals surface area contributed by atoms with E-state index in [1.54, 1.807) is 0 Å². The molecule has 0 bridgehead atoms. The van der Waals surface area contributed by atoms with Gasteiger partial charge in [-0.05, 0) is 57.4 Å². The van der Waals surface area contributed by atoms with Gasteiger partial charge in [0.05, 0.1) is 22.2 Å². The summed E-state index contributed by atoms with van der Waals surface area (Å²) in [6.45, 7) is 8.36. The van der Waals surface area contributed by atoms with E-state index < -0.39 is 0 Å². The zero-order chi connectivity index (χ0) is 19.5. The molecule has 1 fully saturated rings. The number of benzene rings is 3. The summed E-state index contributed by atoms with van der Waals surface area (Å²) in [6.07, 6.45) is 0. The van der Waals surface area contributed by atoms with Gasteiger partial charge in [0.25, 0.3) is 0 Å². The summed E-state index contributed by atoms with van der Waals surface area (Å²) in [6, 6.07) is 25.6. The van der Waals surface area contributed by atoms with Crippen LogP contribution in [0, 0.1) is 0 Å². The van der Waals surface area contributed by atoms with Crippen molar-refractivity contribution in [3.63, 3.8) is 0 Å². The fourth-order valence-corrected chi connectivity index (χ4v) is 3.97. The minimum atomic E-state index is -0.364. The second-order valence-electron chi connectivity index (χ2n) is 8.55. The van der Waals surface area contributed by atoms with E-state index >= 15 is 0 Å². The minimum Gasteiger partial charge on any atom is -0.399 e. The molecule has 1 saturated heterocycles. The quantitative estimate of drug-likeness (QED) is 0.460. The Morgan fingerprint density at radius 1 is 0.679 bits per heavy atom. The predicted octanol–water partition coefficient (Wildman–Crippen LogP) is 5.08. The van der Waals surface area contributed by atoms with Gasteiger partial charge < -0.3 is 13.9 Å². The van der Waals surface area contributed by atoms with Crippen molar-refractivity contribution in [2.45, 2.75) is 38.9 Å². The van der Waals surface area contributed by atoms with E-state index in [0.717, 1.165) is 11.2 Å². The molecule has 0 amide bonds. The second-order valence-corrected chi connectivity index (χ2v) is 8.55. The summed E-state index contributed by atoms with van der Waals surface area (Å²) < 4.78 is 14.9. The molecule has 0 radical (unpaired) electrons. The van der Waals surface area contributed by atoms with Crippen molar-refractivity contribution in [2.75, 3.05) is 0 Å². The fraction of sp³-hybridized carbons (Fsp3) is 0.250. The van der Waals surface area contributed by atoms with Crippen molar-refractivity contribution in [2.24, 2.45) is 0 Å². The topological polar surface area (TPSA) is 23.4 Å². The van der Waals surface area contributed by atoms with Crippen LogP contribution in [0.15, 0.2) is 72.8 Å². The van der Waals surface area contributed by atoms with Crippen LogP contribution >= 0.6 is 0 Å². The van der Waals surface area contributed by atoms with E-state index in [4.69, 9.17) is 9.31 Å². The van der Waals surface area contributed by atoms with Crippen LogP contribution in [-0.4, -0.2) is 22.9 Å². The molecule has 1 aliphatic heterocycles. The van der Waals surface area contributed by atoms with E-state index in [1.807, 2.05) is 6.07 Å². The zero-order valence-electron chi connectivity index (χ0n) is 16.8. The molecule has 5 rings (SSSR count). The molecule has 0 aliphatic carbocycles. The average molecular weight is 369 g/mol. The fourth-order valence-electron chi connectivity index (χ4n) is 3.97. The third-order valence-corrected chi connectivity index (χ3v) is 6.24. The lowest BCUT2D eigenvalue weighted by atomic mass is 9.79. The lowest BCUT2D eigenvalue weighted by Gasteiger charge is -2.32. The Morgan fingerprint density at radius 2 is 1.29 bits per heavy atom. The highest BCUT2D eigenvalue weighted by Gasteiger charge is 2.51. The van der Waals surface area contributed by atoms with E-state index in [1.165, 1.54) is 21.8 Å². The summed E-state index contributed by atoms with van der Waals surface area (Å²) in [5.74, 6) is 0. The van der Waals surface area contributed by atoms with Crippen LogP contribution in [0.1, 0.15) is 27.7 Å². The molecular weight excluding hydrogens is 345 g/mol. The molecule has 3 aromatic carbocycles. The first-order valence-electron chi connectivity index (χ1n) is 9.82. The lowest BCUT2D eigenvalue weighted by molar-refractivity contribution is 0.00578. The van der Waals surface area contributed by atoms with Crippen molar-refractivity contribution in [3.05, 3.63) is 72.8 Å². The van der Waals surface area contributed by atoms with Gasteiger partial charge in [0.1, 0.15) is 0 Å². The molecule has 4 heteroatoms. The number of rotatable bonds is 2. The molecule has 140 valence electrons. The van der Waals surface area contributed by atoms with E-state index in [9.17, 15) is 0 Å². The standard InChI is InChI=1S/C24H24BNO2/c1-23(2)24(3,4)28-25(27-23)17-14-15-20-19-12-8-9-13-21(19)26(22(20)16-17)18-10-6-5-7-11-18/h5-16H,1-4H3. The minimum absolute atomic E-state index is 0.348. The maximum Gasteiger partial charge on any atom is 0.494 e. The van der Waals surface area contributed by atoms with Gasteiger partial charge in [-0.25, -0.2) is 0 Å². The number of hydrogen-bond donors (Lipinski definition) is 0. The summed E-state index contributed by atoms with van der Waals surface area (Å²) in [7, 11) is -0.364. The number of hydrogen-bond acceptors (Lipinski definition) is 2. The summed E-state index contributed by atoms with van der Waals surface area (Å²) in [5, 5.41) is 2.49. The smallest absolute Gasteiger partial charge is 0.399 e. The molecule has 28 heavy (non-hydrogen) atoms. The highest BCUT2D eigenvalue weighted by atomic mass is 16.7. The third-order valence-electron chi connectivity index (χ3n) is 6.24. The van der Waals surface area contributed by atoms with Gasteiger partial charge in [-0.2, -0.15) is 0 Å². The van der Waals surface area contributed by atoms with Gasteiger partial charge in [-0.3, -0.25) is 0 Å². The van der Waals surface area contributed by atoms with Crippen LogP contribution < -0.4 is 5.46 Å². The first-order valence-corrected chi connectivity index (χ1v) is 9.82. The Kier molecular flexibility index (Phi) is 3.74. The molecule has 1 aliphatic rings. The van der Waals surface area contributed by atoms with Gasteiger partial charge in [0.2, 0.25) is 0 Å². The lowest BCUT2D eigenvalue weighted by Crippen LogP contribution is -2.41. The molecule has 3 nitrogen and oxygen atoms in total. The first-order chi connectivity index (χ1) is 13.4. The maximum atomic E-state index is 6.29. The third kappa shape index (κ3) is 2.52. The van der Waals surface area contributed by atoms with E-state index in [2.05, 4.69) is 99.0 Å². The van der Waals surface area contributed by atoms with Gasteiger partial charge in [0.15, 0.2) is 0 Å². The molecule has 0 unspecified atom stereocenters. The van der Waals surface area contributed by atoms with Crippen molar-refractivity contribution in [3.8, 4) is 5.69 Å². The SMILES string of the molecule is CC1(C)OB(c2ccc3c4ccccc4n(-c4ccccc4)c3c2)OC1(C)C. The highest BCUT2D eigenvalue weighted by Crippen LogP contribution is 2.37. The number of para-hydroxylation sites is 2. The van der Waals surface area contributed by atoms with Gasteiger partial charge in [0, 0.05) is 16.5 Å². The van der Waals surface area contributed by atoms with Crippen molar-refractivity contribution in [1.82, 2.24) is 4.57 Å². The van der Waals surface area contributed by atoms with Crippen LogP contribution in [0.25, 0.3) is 27.5 Å². The molecule has 0 N–H and O–H groups in total. The van der Waals surface area contributed by atoms with Crippen molar-refractivity contribution < 1.29 is 9.31 Å². The van der Waals surface area contributed by atoms with Crippen LogP contribution in [0.2, 0.25) is 0 Å². The maximum absolute atomic E-state index is 6.29. The molecule has 1 aromatic heterocycles. The Labute approximate surface area is 166 Å². The monoisotopic (exact) mass is 369 g/mol. The summed E-state index contributed by atoms with van der Waals surface area (Å²) >= 11 is 0. The van der Waals surface area contributed by atoms with Gasteiger partial charge >= 0.3 is 7.12 Å². The van der Waals surface area contributed by atoms with Crippen LogP contribution in [0.5, 0.6) is 0 Å². The summed E-state index contributed by atoms with van der Waals surface area (Å²) in [4.78, 5) is 0. The molecule has 0 spiro atoms. The average Bonchev–Trinajstić information content (AvgIpc) is 3.12. The summed E-state index contributed by atoms with van der Waals surface area (Å²) in [5.41, 5.74) is 3.87. The molecule has 2 heterocycles. The zero-order valence-corrected chi connectivity index (χ0v) is 16.8. The highest BCUT2D eigenvalue weighted by molar-refractivity contribution is 6.62. The van der Waals surface area contributed by atoms with Gasteiger partial charge in [-0.1, -0.05) is 48.5 Å². The van der Waals surface area contributed by atoms with E-state index in [0.29, 0.717) is 0 Å². The number of aromatic nitrogens is 1. The van der Waals surface area contributed by atoms with Crippen LogP contribution in [-0.2, 0) is 9.31 Å². The first kappa shape index (κ1) is 17.5. The normalized spacial score (nSPS) is 18.2. The predicted molar refractivity (Wildman–Crippen MR) is 116 cm³/mol. The molecular formula is C24H24BNO2. The molecule has 0 atom stereocenters.